The third-order valence-corrected chi connectivity index (χ3v) is 4.07. The summed E-state index contributed by atoms with van der Waals surface area (Å²) in [7, 11) is 0. The van der Waals surface area contributed by atoms with Crippen molar-refractivity contribution in [3.63, 3.8) is 0 Å². The highest BCUT2D eigenvalue weighted by atomic mass is 79.9. The number of ether oxygens (including phenoxy) is 1. The van der Waals surface area contributed by atoms with Gasteiger partial charge in [0.1, 0.15) is 12.0 Å². The Hall–Kier alpha value is -1.27. The second kappa shape index (κ2) is 5.38. The number of rotatable bonds is 2. The fourth-order valence-electron chi connectivity index (χ4n) is 2.12. The van der Waals surface area contributed by atoms with Gasteiger partial charge in [-0.3, -0.25) is 4.98 Å². The topological polar surface area (TPSA) is 52.8 Å². The van der Waals surface area contributed by atoms with Crippen molar-refractivity contribution < 1.29 is 4.74 Å². The lowest BCUT2D eigenvalue weighted by atomic mass is 10.2. The average molecular weight is 323 g/mol. The second-order valence-corrected chi connectivity index (χ2v) is 5.54. The molecule has 19 heavy (non-hydrogen) atoms. The molecule has 100 valence electrons. The van der Waals surface area contributed by atoms with E-state index in [1.165, 1.54) is 6.42 Å². The molecule has 1 saturated heterocycles. The first-order valence-electron chi connectivity index (χ1n) is 6.39. The Morgan fingerprint density at radius 1 is 1.37 bits per heavy atom. The lowest BCUT2D eigenvalue weighted by molar-refractivity contribution is -0.0395. The molecule has 1 atom stereocenters. The lowest BCUT2D eigenvalue weighted by Crippen LogP contribution is -2.18. The van der Waals surface area contributed by atoms with Crippen LogP contribution in [0.25, 0.3) is 11.5 Å². The minimum atomic E-state index is 0.0199. The van der Waals surface area contributed by atoms with Gasteiger partial charge in [0.25, 0.3) is 0 Å². The molecule has 0 aliphatic carbocycles. The Morgan fingerprint density at radius 2 is 2.26 bits per heavy atom. The van der Waals surface area contributed by atoms with E-state index in [2.05, 4.69) is 31.0 Å². The van der Waals surface area contributed by atoms with E-state index in [-0.39, 0.29) is 6.23 Å². The normalized spacial score (nSPS) is 19.6. The van der Waals surface area contributed by atoms with Crippen LogP contribution in [0.5, 0.6) is 0 Å². The number of aromatic nitrogens is 4. The first-order chi connectivity index (χ1) is 9.24. The summed E-state index contributed by atoms with van der Waals surface area (Å²) in [5, 5.41) is 4.48. The molecule has 0 spiro atoms. The van der Waals surface area contributed by atoms with E-state index in [1.54, 1.807) is 17.2 Å². The van der Waals surface area contributed by atoms with Crippen LogP contribution in [-0.2, 0) is 4.74 Å². The molecule has 3 rings (SSSR count). The predicted octanol–water partition coefficient (Wildman–Crippen LogP) is 3.11. The summed E-state index contributed by atoms with van der Waals surface area (Å²) < 4.78 is 8.48. The van der Waals surface area contributed by atoms with Crippen LogP contribution in [0.4, 0.5) is 0 Å². The molecule has 1 aliphatic rings. The number of nitrogens with zero attached hydrogens (tertiary/aromatic N) is 4. The standard InChI is InChI=1S/C13H15BrN4O/c1-9-6-11(15-7-10(9)14)13-16-8-18(17-13)12-4-2-3-5-19-12/h6-8,12H,2-5H2,1H3. The molecule has 0 bridgehead atoms. The third-order valence-electron chi connectivity index (χ3n) is 3.24. The minimum absolute atomic E-state index is 0.0199. The van der Waals surface area contributed by atoms with Gasteiger partial charge in [0.2, 0.25) is 0 Å². The van der Waals surface area contributed by atoms with Crippen molar-refractivity contribution in [1.29, 1.82) is 0 Å². The molecule has 3 heterocycles. The maximum Gasteiger partial charge on any atom is 0.199 e. The summed E-state index contributed by atoms with van der Waals surface area (Å²) >= 11 is 3.44. The van der Waals surface area contributed by atoms with Crippen LogP contribution in [-0.4, -0.2) is 26.4 Å². The Bertz CT molecular complexity index is 578. The number of hydrogen-bond acceptors (Lipinski definition) is 4. The molecule has 1 fully saturated rings. The number of hydrogen-bond donors (Lipinski definition) is 0. The van der Waals surface area contributed by atoms with Gasteiger partial charge in [0, 0.05) is 17.3 Å². The number of halogens is 1. The second-order valence-electron chi connectivity index (χ2n) is 4.69. The first kappa shape index (κ1) is 12.7. The van der Waals surface area contributed by atoms with E-state index >= 15 is 0 Å². The summed E-state index contributed by atoms with van der Waals surface area (Å²) in [5.41, 5.74) is 1.91. The van der Waals surface area contributed by atoms with E-state index in [0.717, 1.165) is 35.2 Å². The summed E-state index contributed by atoms with van der Waals surface area (Å²) in [6.07, 6.45) is 6.83. The zero-order valence-electron chi connectivity index (χ0n) is 10.7. The zero-order chi connectivity index (χ0) is 13.2. The number of pyridine rings is 1. The zero-order valence-corrected chi connectivity index (χ0v) is 12.3. The molecule has 1 unspecified atom stereocenters. The Labute approximate surface area is 120 Å². The van der Waals surface area contributed by atoms with Gasteiger partial charge in [-0.25, -0.2) is 9.67 Å². The summed E-state index contributed by atoms with van der Waals surface area (Å²) in [5.74, 6) is 0.643. The van der Waals surface area contributed by atoms with Gasteiger partial charge >= 0.3 is 0 Å². The van der Waals surface area contributed by atoms with Gasteiger partial charge in [-0.05, 0) is 53.7 Å². The quantitative estimate of drug-likeness (QED) is 0.852. The smallest absolute Gasteiger partial charge is 0.199 e. The van der Waals surface area contributed by atoms with Crippen LogP contribution in [0.2, 0.25) is 0 Å². The van der Waals surface area contributed by atoms with Gasteiger partial charge in [0.15, 0.2) is 12.1 Å². The summed E-state index contributed by atoms with van der Waals surface area (Å²) in [6.45, 7) is 2.83. The van der Waals surface area contributed by atoms with E-state index < -0.39 is 0 Å². The van der Waals surface area contributed by atoms with Crippen molar-refractivity contribution in [2.24, 2.45) is 0 Å². The molecular weight excluding hydrogens is 308 g/mol. The monoisotopic (exact) mass is 322 g/mol. The van der Waals surface area contributed by atoms with Crippen LogP contribution in [0.3, 0.4) is 0 Å². The van der Waals surface area contributed by atoms with Crippen molar-refractivity contribution in [1.82, 2.24) is 19.7 Å². The number of aryl methyl sites for hydroxylation is 1. The molecular formula is C13H15BrN4O. The third kappa shape index (κ3) is 2.69. The average Bonchev–Trinajstić information content (AvgIpc) is 2.93. The molecule has 5 nitrogen and oxygen atoms in total. The molecule has 2 aromatic rings. The highest BCUT2D eigenvalue weighted by molar-refractivity contribution is 9.10. The van der Waals surface area contributed by atoms with E-state index in [1.807, 2.05) is 13.0 Å². The molecule has 0 saturated carbocycles. The van der Waals surface area contributed by atoms with Gasteiger partial charge in [0.05, 0.1) is 0 Å². The van der Waals surface area contributed by atoms with Crippen LogP contribution in [0.15, 0.2) is 23.1 Å². The van der Waals surface area contributed by atoms with Crippen molar-refractivity contribution in [3.8, 4) is 11.5 Å². The van der Waals surface area contributed by atoms with Crippen LogP contribution < -0.4 is 0 Å². The first-order valence-corrected chi connectivity index (χ1v) is 7.18. The van der Waals surface area contributed by atoms with Crippen molar-refractivity contribution >= 4 is 15.9 Å². The van der Waals surface area contributed by atoms with Crippen molar-refractivity contribution in [2.75, 3.05) is 6.61 Å². The highest BCUT2D eigenvalue weighted by Crippen LogP contribution is 2.23. The van der Waals surface area contributed by atoms with Crippen molar-refractivity contribution in [2.45, 2.75) is 32.4 Å². The Balaban J connectivity index is 1.85. The molecule has 6 heteroatoms. The summed E-state index contributed by atoms with van der Waals surface area (Å²) in [4.78, 5) is 8.67. The lowest BCUT2D eigenvalue weighted by Gasteiger charge is -2.21. The predicted molar refractivity (Wildman–Crippen MR) is 74.5 cm³/mol. The Kier molecular flexibility index (Phi) is 3.61. The van der Waals surface area contributed by atoms with Crippen LogP contribution in [0, 0.1) is 6.92 Å². The molecule has 0 radical (unpaired) electrons. The van der Waals surface area contributed by atoms with E-state index in [4.69, 9.17) is 4.74 Å². The van der Waals surface area contributed by atoms with E-state index in [0.29, 0.717) is 5.82 Å². The maximum atomic E-state index is 5.69. The SMILES string of the molecule is Cc1cc(-c2ncn(C3CCCCO3)n2)ncc1Br. The minimum Gasteiger partial charge on any atom is -0.356 e. The summed E-state index contributed by atoms with van der Waals surface area (Å²) in [6, 6.07) is 1.98. The Morgan fingerprint density at radius 3 is 3.00 bits per heavy atom. The maximum absolute atomic E-state index is 5.69. The van der Waals surface area contributed by atoms with Crippen molar-refractivity contribution in [3.05, 3.63) is 28.6 Å². The fraction of sp³-hybridized carbons (Fsp3) is 0.462. The highest BCUT2D eigenvalue weighted by Gasteiger charge is 2.18. The van der Waals surface area contributed by atoms with Gasteiger partial charge in [-0.2, -0.15) is 0 Å². The van der Waals surface area contributed by atoms with Crippen LogP contribution >= 0.6 is 15.9 Å². The molecule has 0 amide bonds. The van der Waals surface area contributed by atoms with E-state index in [9.17, 15) is 0 Å². The molecule has 0 N–H and O–H groups in total. The van der Waals surface area contributed by atoms with Gasteiger partial charge in [-0.15, -0.1) is 5.10 Å². The van der Waals surface area contributed by atoms with Gasteiger partial charge < -0.3 is 4.74 Å². The molecule has 2 aromatic heterocycles. The fourth-order valence-corrected chi connectivity index (χ4v) is 2.34. The largest absolute Gasteiger partial charge is 0.356 e. The molecule has 0 aromatic carbocycles. The van der Waals surface area contributed by atoms with Gasteiger partial charge in [-0.1, -0.05) is 0 Å². The molecule has 1 aliphatic heterocycles. The van der Waals surface area contributed by atoms with Crippen LogP contribution in [0.1, 0.15) is 31.1 Å².